The maximum absolute atomic E-state index is 11.4. The van der Waals surface area contributed by atoms with Gasteiger partial charge in [0.1, 0.15) is 0 Å². The SMILES string of the molecule is COC(=O)c1ccc(NCC(=O)NC(C)C)cc1. The number of nitrogens with one attached hydrogen (secondary N) is 2. The van der Waals surface area contributed by atoms with E-state index in [1.54, 1.807) is 24.3 Å². The average Bonchev–Trinajstić information content (AvgIpc) is 2.35. The zero-order valence-corrected chi connectivity index (χ0v) is 10.8. The number of amides is 1. The van der Waals surface area contributed by atoms with Gasteiger partial charge < -0.3 is 15.4 Å². The standard InChI is InChI=1S/C13H18N2O3/c1-9(2)15-12(16)8-14-11-6-4-10(5-7-11)13(17)18-3/h4-7,9,14H,8H2,1-3H3,(H,15,16). The second-order valence-corrected chi connectivity index (χ2v) is 4.14. The van der Waals surface area contributed by atoms with Crippen LogP contribution in [-0.4, -0.2) is 31.6 Å². The smallest absolute Gasteiger partial charge is 0.337 e. The molecule has 5 heteroatoms. The van der Waals surface area contributed by atoms with Crippen LogP contribution in [0.25, 0.3) is 0 Å². The van der Waals surface area contributed by atoms with Crippen molar-refractivity contribution < 1.29 is 14.3 Å². The molecule has 5 nitrogen and oxygen atoms in total. The van der Waals surface area contributed by atoms with E-state index in [4.69, 9.17) is 0 Å². The van der Waals surface area contributed by atoms with Crippen molar-refractivity contribution in [2.45, 2.75) is 19.9 Å². The van der Waals surface area contributed by atoms with Gasteiger partial charge >= 0.3 is 5.97 Å². The minimum absolute atomic E-state index is 0.0676. The number of carbonyl (C=O) groups is 2. The molecule has 0 bridgehead atoms. The van der Waals surface area contributed by atoms with Gasteiger partial charge in [0.15, 0.2) is 0 Å². The predicted molar refractivity (Wildman–Crippen MR) is 69.5 cm³/mol. The fourth-order valence-electron chi connectivity index (χ4n) is 1.40. The number of rotatable bonds is 5. The monoisotopic (exact) mass is 250 g/mol. The summed E-state index contributed by atoms with van der Waals surface area (Å²) in [5.41, 5.74) is 1.26. The van der Waals surface area contributed by atoms with Crippen LogP contribution < -0.4 is 10.6 Å². The highest BCUT2D eigenvalue weighted by atomic mass is 16.5. The minimum Gasteiger partial charge on any atom is -0.465 e. The second-order valence-electron chi connectivity index (χ2n) is 4.14. The lowest BCUT2D eigenvalue weighted by molar-refractivity contribution is -0.119. The fraction of sp³-hybridized carbons (Fsp3) is 0.385. The number of hydrogen-bond acceptors (Lipinski definition) is 4. The maximum Gasteiger partial charge on any atom is 0.337 e. The van der Waals surface area contributed by atoms with Gasteiger partial charge in [-0.15, -0.1) is 0 Å². The van der Waals surface area contributed by atoms with Crippen molar-refractivity contribution >= 4 is 17.6 Å². The maximum atomic E-state index is 11.4. The quantitative estimate of drug-likeness (QED) is 0.775. The normalized spacial score (nSPS) is 10.0. The molecule has 98 valence electrons. The Hall–Kier alpha value is -2.04. The topological polar surface area (TPSA) is 67.4 Å². The number of ether oxygens (including phenoxy) is 1. The molecule has 0 fully saturated rings. The molecular weight excluding hydrogens is 232 g/mol. The Morgan fingerprint density at radius 1 is 1.22 bits per heavy atom. The van der Waals surface area contributed by atoms with Gasteiger partial charge in [-0.3, -0.25) is 4.79 Å². The summed E-state index contributed by atoms with van der Waals surface area (Å²) < 4.78 is 4.59. The number of carbonyl (C=O) groups excluding carboxylic acids is 2. The molecule has 0 saturated carbocycles. The predicted octanol–water partition coefficient (Wildman–Crippen LogP) is 1.41. The van der Waals surface area contributed by atoms with Crippen LogP contribution in [0.5, 0.6) is 0 Å². The Bertz CT molecular complexity index is 413. The third kappa shape index (κ3) is 4.45. The largest absolute Gasteiger partial charge is 0.465 e. The molecule has 0 unspecified atom stereocenters. The number of esters is 1. The van der Waals surface area contributed by atoms with Crippen LogP contribution in [0.1, 0.15) is 24.2 Å². The van der Waals surface area contributed by atoms with Gasteiger partial charge in [-0.2, -0.15) is 0 Å². The minimum atomic E-state index is -0.376. The zero-order chi connectivity index (χ0) is 13.5. The number of methoxy groups -OCH3 is 1. The summed E-state index contributed by atoms with van der Waals surface area (Å²) in [5, 5.41) is 5.75. The van der Waals surface area contributed by atoms with E-state index in [0.29, 0.717) is 5.56 Å². The van der Waals surface area contributed by atoms with E-state index in [0.717, 1.165) is 5.69 Å². The molecular formula is C13H18N2O3. The van der Waals surface area contributed by atoms with Crippen molar-refractivity contribution in [1.29, 1.82) is 0 Å². The first kappa shape index (κ1) is 14.0. The highest BCUT2D eigenvalue weighted by molar-refractivity contribution is 5.89. The van der Waals surface area contributed by atoms with Crippen LogP contribution >= 0.6 is 0 Å². The van der Waals surface area contributed by atoms with Gasteiger partial charge in [-0.1, -0.05) is 0 Å². The highest BCUT2D eigenvalue weighted by Gasteiger charge is 2.05. The lowest BCUT2D eigenvalue weighted by Crippen LogP contribution is -2.34. The average molecular weight is 250 g/mol. The Morgan fingerprint density at radius 2 is 1.83 bits per heavy atom. The molecule has 0 aromatic heterocycles. The Labute approximate surface area is 107 Å². The van der Waals surface area contributed by atoms with Gasteiger partial charge in [0, 0.05) is 11.7 Å². The van der Waals surface area contributed by atoms with Crippen molar-refractivity contribution in [3.63, 3.8) is 0 Å². The van der Waals surface area contributed by atoms with E-state index < -0.39 is 0 Å². The first-order valence-corrected chi connectivity index (χ1v) is 5.74. The van der Waals surface area contributed by atoms with Crippen molar-refractivity contribution in [1.82, 2.24) is 5.32 Å². The first-order valence-electron chi connectivity index (χ1n) is 5.74. The van der Waals surface area contributed by atoms with Crippen LogP contribution in [0, 0.1) is 0 Å². The Balaban J connectivity index is 2.49. The van der Waals surface area contributed by atoms with E-state index in [2.05, 4.69) is 15.4 Å². The molecule has 0 aliphatic rings. The fourth-order valence-corrected chi connectivity index (χ4v) is 1.40. The zero-order valence-electron chi connectivity index (χ0n) is 10.8. The van der Waals surface area contributed by atoms with Crippen LogP contribution in [-0.2, 0) is 9.53 Å². The molecule has 0 aliphatic carbocycles. The molecule has 18 heavy (non-hydrogen) atoms. The molecule has 0 heterocycles. The first-order chi connectivity index (χ1) is 8.52. The van der Waals surface area contributed by atoms with Crippen LogP contribution in [0.2, 0.25) is 0 Å². The molecule has 2 N–H and O–H groups in total. The van der Waals surface area contributed by atoms with Gasteiger partial charge in [0.05, 0.1) is 19.2 Å². The summed E-state index contributed by atoms with van der Waals surface area (Å²) >= 11 is 0. The molecule has 1 rings (SSSR count). The van der Waals surface area contributed by atoms with Gasteiger partial charge in [-0.05, 0) is 38.1 Å². The van der Waals surface area contributed by atoms with E-state index in [9.17, 15) is 9.59 Å². The third-order valence-electron chi connectivity index (χ3n) is 2.21. The van der Waals surface area contributed by atoms with Crippen LogP contribution in [0.3, 0.4) is 0 Å². The van der Waals surface area contributed by atoms with Gasteiger partial charge in [0.25, 0.3) is 0 Å². The molecule has 0 spiro atoms. The summed E-state index contributed by atoms with van der Waals surface area (Å²) in [5.74, 6) is -0.443. The Kier molecular flexibility index (Phi) is 5.17. The molecule has 0 atom stereocenters. The summed E-state index contributed by atoms with van der Waals surface area (Å²) in [6.07, 6.45) is 0. The summed E-state index contributed by atoms with van der Waals surface area (Å²) in [4.78, 5) is 22.6. The van der Waals surface area contributed by atoms with Crippen molar-refractivity contribution in [2.24, 2.45) is 0 Å². The van der Waals surface area contributed by atoms with Crippen molar-refractivity contribution in [3.8, 4) is 0 Å². The van der Waals surface area contributed by atoms with E-state index in [1.165, 1.54) is 7.11 Å². The lowest BCUT2D eigenvalue weighted by atomic mass is 10.2. The molecule has 0 saturated heterocycles. The summed E-state index contributed by atoms with van der Waals surface area (Å²) in [7, 11) is 1.34. The molecule has 1 aromatic rings. The number of benzene rings is 1. The number of hydrogen-bond donors (Lipinski definition) is 2. The summed E-state index contributed by atoms with van der Waals surface area (Å²) in [6.45, 7) is 4.02. The summed E-state index contributed by atoms with van der Waals surface area (Å²) in [6, 6.07) is 6.88. The number of anilines is 1. The van der Waals surface area contributed by atoms with E-state index >= 15 is 0 Å². The van der Waals surface area contributed by atoms with Gasteiger partial charge in [0.2, 0.25) is 5.91 Å². The lowest BCUT2D eigenvalue weighted by Gasteiger charge is -2.10. The second kappa shape index (κ2) is 6.64. The van der Waals surface area contributed by atoms with Crippen LogP contribution in [0.15, 0.2) is 24.3 Å². The van der Waals surface area contributed by atoms with Crippen molar-refractivity contribution in [3.05, 3.63) is 29.8 Å². The Morgan fingerprint density at radius 3 is 2.33 bits per heavy atom. The molecule has 1 aromatic carbocycles. The van der Waals surface area contributed by atoms with Gasteiger partial charge in [-0.25, -0.2) is 4.79 Å². The highest BCUT2D eigenvalue weighted by Crippen LogP contribution is 2.09. The van der Waals surface area contributed by atoms with E-state index in [1.807, 2.05) is 13.8 Å². The molecule has 1 amide bonds. The third-order valence-corrected chi connectivity index (χ3v) is 2.21. The van der Waals surface area contributed by atoms with E-state index in [-0.39, 0.29) is 24.5 Å². The van der Waals surface area contributed by atoms with Crippen molar-refractivity contribution in [2.75, 3.05) is 19.0 Å². The molecule has 0 radical (unpaired) electrons. The van der Waals surface area contributed by atoms with Crippen LogP contribution in [0.4, 0.5) is 5.69 Å². The molecule has 0 aliphatic heterocycles.